The molecule has 1 saturated heterocycles. The first kappa shape index (κ1) is 18.8. The van der Waals surface area contributed by atoms with Crippen molar-refractivity contribution in [2.24, 2.45) is 0 Å². The van der Waals surface area contributed by atoms with Gasteiger partial charge in [0.1, 0.15) is 4.90 Å². The number of esters is 1. The highest BCUT2D eigenvalue weighted by Gasteiger charge is 2.30. The Labute approximate surface area is 155 Å². The van der Waals surface area contributed by atoms with E-state index in [1.165, 1.54) is 12.1 Å². The number of halogens is 1. The molecule has 0 atom stereocenters. The van der Waals surface area contributed by atoms with E-state index in [0.717, 1.165) is 23.8 Å². The van der Waals surface area contributed by atoms with Gasteiger partial charge in [0.2, 0.25) is 15.9 Å². The Kier molecular flexibility index (Phi) is 5.31. The number of sulfonamides is 1. The second kappa shape index (κ2) is 7.34. The summed E-state index contributed by atoms with van der Waals surface area (Å²) in [6, 6.07) is 3.60. The van der Waals surface area contributed by atoms with E-state index in [2.05, 4.69) is 4.72 Å². The molecule has 0 spiro atoms. The monoisotopic (exact) mass is 400 g/mol. The van der Waals surface area contributed by atoms with Crippen LogP contribution in [0, 0.1) is 0 Å². The molecule has 2 amide bonds. The molecule has 1 N–H and O–H groups in total. The van der Waals surface area contributed by atoms with Crippen molar-refractivity contribution >= 4 is 39.4 Å². The topological polar surface area (TPSA) is 110 Å². The minimum absolute atomic E-state index is 0.0200. The van der Waals surface area contributed by atoms with Gasteiger partial charge in [0.15, 0.2) is 6.61 Å². The normalized spacial score (nSPS) is 17.4. The molecule has 26 heavy (non-hydrogen) atoms. The SMILES string of the molecule is O=C(OCC(=O)N1CCCC1=O)c1ccc(Cl)c(S(=O)(=O)NC2CC2)c1. The molecule has 10 heteroatoms. The second-order valence-corrected chi connectivity index (χ2v) is 8.25. The maximum Gasteiger partial charge on any atom is 0.338 e. The minimum Gasteiger partial charge on any atom is -0.452 e. The van der Waals surface area contributed by atoms with Crippen LogP contribution in [0.2, 0.25) is 5.02 Å². The fourth-order valence-electron chi connectivity index (χ4n) is 2.52. The van der Waals surface area contributed by atoms with Gasteiger partial charge < -0.3 is 4.74 Å². The number of ether oxygens (including phenoxy) is 1. The summed E-state index contributed by atoms with van der Waals surface area (Å²) in [7, 11) is -3.84. The van der Waals surface area contributed by atoms with Crippen molar-refractivity contribution in [1.29, 1.82) is 0 Å². The van der Waals surface area contributed by atoms with Gasteiger partial charge in [-0.2, -0.15) is 0 Å². The summed E-state index contributed by atoms with van der Waals surface area (Å²) in [5.74, 6) is -1.76. The van der Waals surface area contributed by atoms with Gasteiger partial charge in [-0.3, -0.25) is 14.5 Å². The zero-order valence-corrected chi connectivity index (χ0v) is 15.3. The third kappa shape index (κ3) is 4.22. The number of nitrogens with one attached hydrogen (secondary N) is 1. The summed E-state index contributed by atoms with van der Waals surface area (Å²) in [5, 5.41) is -0.0200. The minimum atomic E-state index is -3.84. The van der Waals surface area contributed by atoms with Crippen LogP contribution in [0.1, 0.15) is 36.0 Å². The zero-order valence-electron chi connectivity index (χ0n) is 13.7. The number of nitrogens with zero attached hydrogens (tertiary/aromatic N) is 1. The number of hydrogen-bond donors (Lipinski definition) is 1. The molecule has 2 fully saturated rings. The molecule has 1 saturated carbocycles. The summed E-state index contributed by atoms with van der Waals surface area (Å²) in [6.07, 6.45) is 2.41. The quantitative estimate of drug-likeness (QED) is 0.715. The van der Waals surface area contributed by atoms with E-state index in [-0.39, 0.29) is 27.4 Å². The lowest BCUT2D eigenvalue weighted by molar-refractivity contribution is -0.143. The van der Waals surface area contributed by atoms with Crippen LogP contribution < -0.4 is 4.72 Å². The Bertz CT molecular complexity index is 865. The lowest BCUT2D eigenvalue weighted by Gasteiger charge is -2.13. The number of benzene rings is 1. The van der Waals surface area contributed by atoms with E-state index < -0.39 is 28.5 Å². The lowest BCUT2D eigenvalue weighted by Crippen LogP contribution is -2.35. The van der Waals surface area contributed by atoms with Crippen molar-refractivity contribution in [3.63, 3.8) is 0 Å². The third-order valence-electron chi connectivity index (χ3n) is 4.06. The number of rotatable bonds is 6. The highest BCUT2D eigenvalue weighted by atomic mass is 35.5. The van der Waals surface area contributed by atoms with E-state index in [1.54, 1.807) is 0 Å². The summed E-state index contributed by atoms with van der Waals surface area (Å²) in [5.41, 5.74) is -0.0499. The van der Waals surface area contributed by atoms with Gasteiger partial charge >= 0.3 is 5.97 Å². The predicted octanol–water partition coefficient (Wildman–Crippen LogP) is 1.09. The molecule has 1 aromatic rings. The fourth-order valence-corrected chi connectivity index (χ4v) is 4.35. The maximum atomic E-state index is 12.3. The molecule has 1 aliphatic carbocycles. The zero-order chi connectivity index (χ0) is 18.9. The molecular formula is C16H17ClN2O6S. The Morgan fingerprint density at radius 2 is 2.04 bits per heavy atom. The van der Waals surface area contributed by atoms with Gasteiger partial charge in [-0.15, -0.1) is 0 Å². The summed E-state index contributed by atoms with van der Waals surface area (Å²) < 4.78 is 32.0. The molecule has 0 bridgehead atoms. The Morgan fingerprint density at radius 3 is 2.65 bits per heavy atom. The van der Waals surface area contributed by atoms with Gasteiger partial charge in [-0.05, 0) is 37.5 Å². The standard InChI is InChI=1S/C16H17ClN2O6S/c17-12-6-3-10(8-13(12)26(23,24)18-11-4-5-11)16(22)25-9-15(21)19-7-1-2-14(19)20/h3,6,8,11,18H,1-2,4-5,7,9H2. The average Bonchev–Trinajstić information content (AvgIpc) is 3.29. The molecule has 0 radical (unpaired) electrons. The fraction of sp³-hybridized carbons (Fsp3) is 0.438. The smallest absolute Gasteiger partial charge is 0.338 e. The van der Waals surface area contributed by atoms with Crippen LogP contribution in [-0.4, -0.2) is 50.3 Å². The van der Waals surface area contributed by atoms with Crippen molar-refractivity contribution in [3.05, 3.63) is 28.8 Å². The number of carbonyl (C=O) groups is 3. The van der Waals surface area contributed by atoms with Gasteiger partial charge in [0, 0.05) is 19.0 Å². The number of likely N-dealkylation sites (tertiary alicyclic amines) is 1. The first-order valence-electron chi connectivity index (χ1n) is 8.10. The first-order valence-corrected chi connectivity index (χ1v) is 9.96. The molecule has 2 aliphatic rings. The Hall–Kier alpha value is -1.97. The van der Waals surface area contributed by atoms with E-state index in [1.807, 2.05) is 0 Å². The number of amides is 2. The van der Waals surface area contributed by atoms with Crippen molar-refractivity contribution in [3.8, 4) is 0 Å². The number of hydrogen-bond acceptors (Lipinski definition) is 6. The highest BCUT2D eigenvalue weighted by molar-refractivity contribution is 7.89. The summed E-state index contributed by atoms with van der Waals surface area (Å²) >= 11 is 5.95. The predicted molar refractivity (Wildman–Crippen MR) is 91.0 cm³/mol. The van der Waals surface area contributed by atoms with E-state index in [4.69, 9.17) is 16.3 Å². The maximum absolute atomic E-state index is 12.3. The summed E-state index contributed by atoms with van der Waals surface area (Å²) in [4.78, 5) is 36.4. The van der Waals surface area contributed by atoms with E-state index in [0.29, 0.717) is 19.4 Å². The lowest BCUT2D eigenvalue weighted by atomic mass is 10.2. The first-order chi connectivity index (χ1) is 12.3. The van der Waals surface area contributed by atoms with Crippen molar-refractivity contribution in [2.45, 2.75) is 36.6 Å². The molecule has 140 valence electrons. The summed E-state index contributed by atoms with van der Waals surface area (Å²) in [6.45, 7) is -0.277. The molecule has 0 aromatic heterocycles. The second-order valence-electron chi connectivity index (χ2n) is 6.16. The van der Waals surface area contributed by atoms with Crippen LogP contribution >= 0.6 is 11.6 Å². The van der Waals surface area contributed by atoms with Crippen LogP contribution in [0.15, 0.2) is 23.1 Å². The molecule has 8 nitrogen and oxygen atoms in total. The number of imide groups is 1. The van der Waals surface area contributed by atoms with E-state index in [9.17, 15) is 22.8 Å². The van der Waals surface area contributed by atoms with Crippen LogP contribution in [-0.2, 0) is 24.3 Å². The van der Waals surface area contributed by atoms with Crippen molar-refractivity contribution < 1.29 is 27.5 Å². The van der Waals surface area contributed by atoms with Crippen LogP contribution in [0.5, 0.6) is 0 Å². The number of carbonyl (C=O) groups excluding carboxylic acids is 3. The van der Waals surface area contributed by atoms with Crippen LogP contribution in [0.25, 0.3) is 0 Å². The van der Waals surface area contributed by atoms with Crippen LogP contribution in [0.3, 0.4) is 0 Å². The molecule has 1 aromatic carbocycles. The third-order valence-corrected chi connectivity index (χ3v) is 6.06. The van der Waals surface area contributed by atoms with Gasteiger partial charge in [0.05, 0.1) is 10.6 Å². The molecule has 3 rings (SSSR count). The largest absolute Gasteiger partial charge is 0.452 e. The Balaban J connectivity index is 1.68. The van der Waals surface area contributed by atoms with E-state index >= 15 is 0 Å². The van der Waals surface area contributed by atoms with Gasteiger partial charge in [0.25, 0.3) is 5.91 Å². The molecule has 1 heterocycles. The van der Waals surface area contributed by atoms with Gasteiger partial charge in [-0.25, -0.2) is 17.9 Å². The Morgan fingerprint density at radius 1 is 1.31 bits per heavy atom. The molecule has 1 aliphatic heterocycles. The van der Waals surface area contributed by atoms with Crippen LogP contribution in [0.4, 0.5) is 0 Å². The van der Waals surface area contributed by atoms with Gasteiger partial charge in [-0.1, -0.05) is 11.6 Å². The average molecular weight is 401 g/mol. The molecular weight excluding hydrogens is 384 g/mol. The van der Waals surface area contributed by atoms with Crippen molar-refractivity contribution in [1.82, 2.24) is 9.62 Å². The highest BCUT2D eigenvalue weighted by Crippen LogP contribution is 2.27. The van der Waals surface area contributed by atoms with Crippen molar-refractivity contribution in [2.75, 3.05) is 13.2 Å². The molecule has 0 unspecified atom stereocenters.